The van der Waals surface area contributed by atoms with Crippen LogP contribution in [0.15, 0.2) is 59.1 Å². The van der Waals surface area contributed by atoms with Crippen molar-refractivity contribution in [3.05, 3.63) is 70.2 Å². The van der Waals surface area contributed by atoms with E-state index >= 15 is 0 Å². The van der Waals surface area contributed by atoms with Crippen molar-refractivity contribution < 1.29 is 4.79 Å². The van der Waals surface area contributed by atoms with Crippen molar-refractivity contribution in [2.75, 3.05) is 20.6 Å². The first-order chi connectivity index (χ1) is 10.1. The maximum atomic E-state index is 12.3. The molecule has 0 radical (unpaired) electrons. The van der Waals surface area contributed by atoms with Gasteiger partial charge in [-0.1, -0.05) is 42.5 Å². The number of benzene rings is 2. The van der Waals surface area contributed by atoms with Crippen LogP contribution in [0.5, 0.6) is 0 Å². The molecule has 0 saturated heterocycles. The Kier molecular flexibility index (Phi) is 5.53. The molecule has 0 aliphatic carbocycles. The van der Waals surface area contributed by atoms with Gasteiger partial charge in [0.05, 0.1) is 11.6 Å². The molecule has 0 fully saturated rings. The van der Waals surface area contributed by atoms with E-state index in [4.69, 9.17) is 0 Å². The summed E-state index contributed by atoms with van der Waals surface area (Å²) < 4.78 is 0.809. The number of hydrogen-bond acceptors (Lipinski definition) is 2. The summed E-state index contributed by atoms with van der Waals surface area (Å²) in [6.07, 6.45) is 0. The second kappa shape index (κ2) is 7.38. The van der Waals surface area contributed by atoms with E-state index in [1.807, 2.05) is 56.6 Å². The van der Waals surface area contributed by atoms with Crippen LogP contribution in [0.25, 0.3) is 0 Å². The van der Waals surface area contributed by atoms with Gasteiger partial charge in [-0.3, -0.25) is 4.79 Å². The van der Waals surface area contributed by atoms with Gasteiger partial charge in [-0.15, -0.1) is 0 Å². The number of nitrogens with zero attached hydrogens (tertiary/aromatic N) is 1. The second-order valence-corrected chi connectivity index (χ2v) is 5.93. The van der Waals surface area contributed by atoms with Crippen molar-refractivity contribution in [3.8, 4) is 0 Å². The maximum Gasteiger partial charge on any atom is 0.252 e. The van der Waals surface area contributed by atoms with Gasteiger partial charge in [-0.05, 0) is 47.7 Å². The van der Waals surface area contributed by atoms with E-state index in [0.717, 1.165) is 4.47 Å². The first kappa shape index (κ1) is 15.7. The molecule has 0 aliphatic rings. The minimum absolute atomic E-state index is 0.0646. The highest BCUT2D eigenvalue weighted by Gasteiger charge is 2.16. The van der Waals surface area contributed by atoms with Crippen LogP contribution in [-0.2, 0) is 0 Å². The second-order valence-electron chi connectivity index (χ2n) is 5.08. The molecular formula is C17H19BrN2O. The zero-order valence-electron chi connectivity index (χ0n) is 12.2. The van der Waals surface area contributed by atoms with Crippen molar-refractivity contribution in [3.63, 3.8) is 0 Å². The van der Waals surface area contributed by atoms with E-state index in [1.54, 1.807) is 0 Å². The fourth-order valence-corrected chi connectivity index (χ4v) is 2.67. The molecule has 2 aromatic carbocycles. The molecule has 0 saturated carbocycles. The normalized spacial score (nSPS) is 12.2. The highest BCUT2D eigenvalue weighted by atomic mass is 79.9. The predicted molar refractivity (Wildman–Crippen MR) is 89.3 cm³/mol. The van der Waals surface area contributed by atoms with E-state index in [9.17, 15) is 4.79 Å². The molecule has 0 spiro atoms. The standard InChI is InChI=1S/C17H19BrN2O/c1-20(2)16(13-8-4-3-5-9-13)12-19-17(21)14-10-6-7-11-15(14)18/h3-11,16H,12H2,1-2H3,(H,19,21). The lowest BCUT2D eigenvalue weighted by Gasteiger charge is -2.25. The molecule has 0 bridgehead atoms. The van der Waals surface area contributed by atoms with Crippen LogP contribution in [-0.4, -0.2) is 31.4 Å². The number of amides is 1. The van der Waals surface area contributed by atoms with Crippen LogP contribution in [0.1, 0.15) is 22.0 Å². The quantitative estimate of drug-likeness (QED) is 0.898. The molecule has 2 rings (SSSR count). The van der Waals surface area contributed by atoms with Crippen LogP contribution in [0.4, 0.5) is 0 Å². The van der Waals surface area contributed by atoms with Gasteiger partial charge in [0.25, 0.3) is 5.91 Å². The Morgan fingerprint density at radius 2 is 1.71 bits per heavy atom. The van der Waals surface area contributed by atoms with Crippen LogP contribution in [0, 0.1) is 0 Å². The van der Waals surface area contributed by atoms with Crippen LogP contribution < -0.4 is 5.32 Å². The molecule has 1 unspecified atom stereocenters. The topological polar surface area (TPSA) is 32.3 Å². The molecule has 110 valence electrons. The van der Waals surface area contributed by atoms with E-state index in [2.05, 4.69) is 38.3 Å². The molecule has 1 N–H and O–H groups in total. The number of carbonyl (C=O) groups is 1. The molecule has 1 atom stereocenters. The molecular weight excluding hydrogens is 328 g/mol. The van der Waals surface area contributed by atoms with Gasteiger partial charge in [0.15, 0.2) is 0 Å². The smallest absolute Gasteiger partial charge is 0.252 e. The fourth-order valence-electron chi connectivity index (χ4n) is 2.20. The average molecular weight is 347 g/mol. The Hall–Kier alpha value is -1.65. The van der Waals surface area contributed by atoms with Crippen molar-refractivity contribution in [2.24, 2.45) is 0 Å². The van der Waals surface area contributed by atoms with E-state index in [-0.39, 0.29) is 11.9 Å². The third kappa shape index (κ3) is 4.16. The van der Waals surface area contributed by atoms with Gasteiger partial charge < -0.3 is 10.2 Å². The Labute approximate surface area is 134 Å². The van der Waals surface area contributed by atoms with Crippen molar-refractivity contribution in [1.82, 2.24) is 10.2 Å². The number of rotatable bonds is 5. The summed E-state index contributed by atoms with van der Waals surface area (Å²) in [5, 5.41) is 3.01. The zero-order valence-corrected chi connectivity index (χ0v) is 13.8. The third-order valence-electron chi connectivity index (χ3n) is 3.38. The third-order valence-corrected chi connectivity index (χ3v) is 4.07. The number of nitrogens with one attached hydrogen (secondary N) is 1. The Morgan fingerprint density at radius 1 is 1.10 bits per heavy atom. The number of hydrogen-bond donors (Lipinski definition) is 1. The van der Waals surface area contributed by atoms with Gasteiger partial charge >= 0.3 is 0 Å². The lowest BCUT2D eigenvalue weighted by atomic mass is 10.1. The lowest BCUT2D eigenvalue weighted by molar-refractivity contribution is 0.0941. The minimum atomic E-state index is -0.0646. The van der Waals surface area contributed by atoms with Gasteiger partial charge in [0, 0.05) is 11.0 Å². The molecule has 4 heteroatoms. The average Bonchev–Trinajstić information content (AvgIpc) is 2.48. The number of likely N-dealkylation sites (N-methyl/N-ethyl adjacent to an activating group) is 1. The Balaban J connectivity index is 2.06. The first-order valence-corrected chi connectivity index (χ1v) is 7.63. The molecule has 1 amide bonds. The molecule has 21 heavy (non-hydrogen) atoms. The van der Waals surface area contributed by atoms with Crippen molar-refractivity contribution in [2.45, 2.75) is 6.04 Å². The Bertz CT molecular complexity index is 599. The molecule has 0 aliphatic heterocycles. The summed E-state index contributed by atoms with van der Waals surface area (Å²) in [7, 11) is 4.03. The number of carbonyl (C=O) groups excluding carboxylic acids is 1. The maximum absolute atomic E-state index is 12.3. The zero-order chi connectivity index (χ0) is 15.2. The van der Waals surface area contributed by atoms with E-state index in [0.29, 0.717) is 12.1 Å². The summed E-state index contributed by atoms with van der Waals surface area (Å²) in [6.45, 7) is 0.567. The van der Waals surface area contributed by atoms with Gasteiger partial charge in [0.1, 0.15) is 0 Å². The van der Waals surface area contributed by atoms with Crippen LogP contribution in [0.3, 0.4) is 0 Å². The molecule has 2 aromatic rings. The summed E-state index contributed by atoms with van der Waals surface area (Å²) in [4.78, 5) is 14.4. The highest BCUT2D eigenvalue weighted by Crippen LogP contribution is 2.18. The van der Waals surface area contributed by atoms with Gasteiger partial charge in [-0.2, -0.15) is 0 Å². The molecule has 3 nitrogen and oxygen atoms in total. The van der Waals surface area contributed by atoms with Gasteiger partial charge in [0.2, 0.25) is 0 Å². The summed E-state index contributed by atoms with van der Waals surface area (Å²) in [5.74, 6) is -0.0646. The van der Waals surface area contributed by atoms with Crippen molar-refractivity contribution in [1.29, 1.82) is 0 Å². The largest absolute Gasteiger partial charge is 0.350 e. The minimum Gasteiger partial charge on any atom is -0.350 e. The molecule has 0 heterocycles. The molecule has 0 aromatic heterocycles. The van der Waals surface area contributed by atoms with Crippen LogP contribution >= 0.6 is 15.9 Å². The number of halogens is 1. The van der Waals surface area contributed by atoms with Crippen molar-refractivity contribution >= 4 is 21.8 Å². The summed E-state index contributed by atoms with van der Waals surface area (Å²) in [5.41, 5.74) is 1.85. The lowest BCUT2D eigenvalue weighted by Crippen LogP contribution is -2.34. The highest BCUT2D eigenvalue weighted by molar-refractivity contribution is 9.10. The summed E-state index contributed by atoms with van der Waals surface area (Å²) >= 11 is 3.41. The van der Waals surface area contributed by atoms with E-state index in [1.165, 1.54) is 5.56 Å². The Morgan fingerprint density at radius 3 is 2.33 bits per heavy atom. The van der Waals surface area contributed by atoms with Crippen LogP contribution in [0.2, 0.25) is 0 Å². The van der Waals surface area contributed by atoms with E-state index < -0.39 is 0 Å². The fraction of sp³-hybridized carbons (Fsp3) is 0.235. The first-order valence-electron chi connectivity index (χ1n) is 6.83. The monoisotopic (exact) mass is 346 g/mol. The SMILES string of the molecule is CN(C)C(CNC(=O)c1ccccc1Br)c1ccccc1. The predicted octanol–water partition coefficient (Wildman–Crippen LogP) is 3.48. The summed E-state index contributed by atoms with van der Waals surface area (Å²) in [6, 6.07) is 17.8. The van der Waals surface area contributed by atoms with Gasteiger partial charge in [-0.25, -0.2) is 0 Å².